The maximum absolute atomic E-state index is 12.2. The molecule has 150 valence electrons. The predicted octanol–water partition coefficient (Wildman–Crippen LogP) is 2.71. The Labute approximate surface area is 175 Å². The van der Waals surface area contributed by atoms with Crippen molar-refractivity contribution in [2.75, 3.05) is 16.9 Å². The number of aryl methyl sites for hydroxylation is 1. The van der Waals surface area contributed by atoms with Gasteiger partial charge in [-0.25, -0.2) is 9.80 Å². The average molecular weight is 460 g/mol. The van der Waals surface area contributed by atoms with E-state index in [1.165, 1.54) is 24.3 Å². The van der Waals surface area contributed by atoms with Crippen molar-refractivity contribution in [3.63, 3.8) is 0 Å². The number of benzene rings is 2. The number of hydrogen-bond donors (Lipinski definition) is 2. The molecule has 2 aromatic rings. The van der Waals surface area contributed by atoms with Crippen LogP contribution in [0, 0.1) is 6.92 Å². The Morgan fingerprint density at radius 2 is 1.86 bits per heavy atom. The Morgan fingerprint density at radius 3 is 2.55 bits per heavy atom. The maximum Gasteiger partial charge on any atom is 0.338 e. The van der Waals surface area contributed by atoms with Gasteiger partial charge < -0.3 is 10.1 Å². The molecule has 3 amide bonds. The molecule has 1 heterocycles. The normalized spacial score (nSPS) is 13.7. The van der Waals surface area contributed by atoms with Crippen LogP contribution in [0.5, 0.6) is 0 Å². The van der Waals surface area contributed by atoms with Crippen LogP contribution in [0.1, 0.15) is 28.8 Å². The molecule has 0 radical (unpaired) electrons. The van der Waals surface area contributed by atoms with E-state index in [1.54, 1.807) is 6.07 Å². The summed E-state index contributed by atoms with van der Waals surface area (Å²) in [6, 6.07) is 11.4. The number of nitrogens with one attached hydrogen (secondary N) is 2. The summed E-state index contributed by atoms with van der Waals surface area (Å²) in [5.41, 5.74) is 4.74. The van der Waals surface area contributed by atoms with Crippen LogP contribution in [0.25, 0.3) is 0 Å². The molecule has 0 saturated carbocycles. The lowest BCUT2D eigenvalue weighted by atomic mass is 10.2. The summed E-state index contributed by atoms with van der Waals surface area (Å²) in [5, 5.41) is 3.80. The van der Waals surface area contributed by atoms with Crippen molar-refractivity contribution in [3.05, 3.63) is 58.1 Å². The lowest BCUT2D eigenvalue weighted by Gasteiger charge is -2.27. The number of hydrazine groups is 1. The van der Waals surface area contributed by atoms with Gasteiger partial charge in [0.25, 0.3) is 5.91 Å². The van der Waals surface area contributed by atoms with Gasteiger partial charge in [-0.1, -0.05) is 6.07 Å². The lowest BCUT2D eigenvalue weighted by Crippen LogP contribution is -2.50. The zero-order chi connectivity index (χ0) is 21.0. The molecule has 1 fully saturated rings. The highest BCUT2D eigenvalue weighted by atomic mass is 79.9. The van der Waals surface area contributed by atoms with Crippen molar-refractivity contribution >= 4 is 51.0 Å². The number of esters is 1. The van der Waals surface area contributed by atoms with Crippen LogP contribution in [-0.2, 0) is 19.1 Å². The number of hydrogen-bond acceptors (Lipinski definition) is 5. The van der Waals surface area contributed by atoms with Crippen molar-refractivity contribution in [1.29, 1.82) is 0 Å². The Hall–Kier alpha value is -3.20. The number of ether oxygens (including phenoxy) is 1. The Bertz CT molecular complexity index is 975. The van der Waals surface area contributed by atoms with E-state index >= 15 is 0 Å². The molecule has 0 bridgehead atoms. The van der Waals surface area contributed by atoms with Crippen LogP contribution in [-0.4, -0.2) is 30.3 Å². The first-order chi connectivity index (χ1) is 13.8. The number of anilines is 2. The summed E-state index contributed by atoms with van der Waals surface area (Å²) >= 11 is 3.36. The first kappa shape index (κ1) is 20.5. The Morgan fingerprint density at radius 1 is 1.14 bits per heavy atom. The van der Waals surface area contributed by atoms with E-state index in [-0.39, 0.29) is 30.2 Å². The van der Waals surface area contributed by atoms with E-state index in [0.29, 0.717) is 11.4 Å². The number of carbonyl (C=O) groups excluding carboxylic acids is 4. The first-order valence-corrected chi connectivity index (χ1v) is 9.58. The summed E-state index contributed by atoms with van der Waals surface area (Å²) in [7, 11) is 0. The van der Waals surface area contributed by atoms with E-state index in [1.807, 2.05) is 19.1 Å². The van der Waals surface area contributed by atoms with Gasteiger partial charge >= 0.3 is 5.97 Å². The van der Waals surface area contributed by atoms with Gasteiger partial charge in [-0.05, 0) is 64.8 Å². The minimum absolute atomic E-state index is 0.127. The van der Waals surface area contributed by atoms with Gasteiger partial charge in [0, 0.05) is 17.3 Å². The molecule has 0 aliphatic carbocycles. The van der Waals surface area contributed by atoms with E-state index in [0.717, 1.165) is 15.0 Å². The number of nitrogens with zero attached hydrogens (tertiary/aromatic N) is 1. The van der Waals surface area contributed by atoms with Gasteiger partial charge in [-0.15, -0.1) is 0 Å². The molecule has 0 atom stereocenters. The molecule has 0 unspecified atom stereocenters. The van der Waals surface area contributed by atoms with Crippen molar-refractivity contribution < 1.29 is 23.9 Å². The molecule has 8 nitrogen and oxygen atoms in total. The van der Waals surface area contributed by atoms with Crippen LogP contribution >= 0.6 is 15.9 Å². The molecule has 3 rings (SSSR count). The molecule has 9 heteroatoms. The molecule has 1 aliphatic heterocycles. The molecule has 1 aliphatic rings. The monoisotopic (exact) mass is 459 g/mol. The van der Waals surface area contributed by atoms with Crippen LogP contribution in [0.3, 0.4) is 0 Å². The highest BCUT2D eigenvalue weighted by Gasteiger charge is 2.24. The van der Waals surface area contributed by atoms with E-state index in [2.05, 4.69) is 26.7 Å². The van der Waals surface area contributed by atoms with Crippen LogP contribution < -0.4 is 15.8 Å². The summed E-state index contributed by atoms with van der Waals surface area (Å²) < 4.78 is 5.76. The molecule has 0 aromatic heterocycles. The fraction of sp³-hybridized carbons (Fsp3) is 0.200. The Kier molecular flexibility index (Phi) is 6.28. The molecule has 29 heavy (non-hydrogen) atoms. The first-order valence-electron chi connectivity index (χ1n) is 8.79. The number of halogens is 1. The average Bonchev–Trinajstić information content (AvgIpc) is 2.70. The molecular formula is C20H18BrN3O5. The van der Waals surface area contributed by atoms with Gasteiger partial charge in [0.15, 0.2) is 6.61 Å². The smallest absolute Gasteiger partial charge is 0.338 e. The third-order valence-electron chi connectivity index (χ3n) is 4.15. The van der Waals surface area contributed by atoms with Gasteiger partial charge in [0.2, 0.25) is 11.8 Å². The van der Waals surface area contributed by atoms with Gasteiger partial charge in [0.05, 0.1) is 16.9 Å². The summed E-state index contributed by atoms with van der Waals surface area (Å²) in [6.07, 6.45) is 0.281. The van der Waals surface area contributed by atoms with Crippen LogP contribution in [0.15, 0.2) is 46.9 Å². The van der Waals surface area contributed by atoms with Crippen molar-refractivity contribution in [3.8, 4) is 0 Å². The van der Waals surface area contributed by atoms with Gasteiger partial charge in [0.1, 0.15) is 0 Å². The third kappa shape index (κ3) is 5.20. The second-order valence-corrected chi connectivity index (χ2v) is 7.27. The maximum atomic E-state index is 12.2. The van der Waals surface area contributed by atoms with Gasteiger partial charge in [-0.3, -0.25) is 19.8 Å². The minimum Gasteiger partial charge on any atom is -0.452 e. The minimum atomic E-state index is -0.677. The van der Waals surface area contributed by atoms with E-state index in [4.69, 9.17) is 4.74 Å². The fourth-order valence-electron chi connectivity index (χ4n) is 2.65. The number of carbonyl (C=O) groups is 4. The second-order valence-electron chi connectivity index (χ2n) is 6.42. The summed E-state index contributed by atoms with van der Waals surface area (Å²) in [4.78, 5) is 47.5. The molecule has 2 N–H and O–H groups in total. The summed E-state index contributed by atoms with van der Waals surface area (Å²) in [5.74, 6) is -1.64. The largest absolute Gasteiger partial charge is 0.452 e. The quantitative estimate of drug-likeness (QED) is 0.668. The number of rotatable bonds is 5. The highest BCUT2D eigenvalue weighted by Crippen LogP contribution is 2.23. The zero-order valence-electron chi connectivity index (χ0n) is 15.5. The third-order valence-corrected chi connectivity index (χ3v) is 4.80. The Balaban J connectivity index is 1.56. The molecule has 1 saturated heterocycles. The SMILES string of the molecule is Cc1ccc(NC(=O)COC(=O)c2ccc(N3NC(=O)CCC3=O)cc2)c(Br)c1. The summed E-state index contributed by atoms with van der Waals surface area (Å²) in [6.45, 7) is 1.49. The van der Waals surface area contributed by atoms with Crippen molar-refractivity contribution in [1.82, 2.24) is 5.43 Å². The standard InChI is InChI=1S/C20H18BrN3O5/c1-12-2-7-16(15(21)10-12)22-18(26)11-29-20(28)13-3-5-14(6-4-13)24-19(27)9-8-17(25)23-24/h2-7,10H,8-9,11H2,1H3,(H,22,26)(H,23,25). The molecule has 0 spiro atoms. The number of amides is 3. The van der Waals surface area contributed by atoms with E-state index in [9.17, 15) is 19.2 Å². The topological polar surface area (TPSA) is 105 Å². The van der Waals surface area contributed by atoms with Crippen molar-refractivity contribution in [2.45, 2.75) is 19.8 Å². The molecular weight excluding hydrogens is 442 g/mol. The van der Waals surface area contributed by atoms with Crippen LogP contribution in [0.2, 0.25) is 0 Å². The zero-order valence-corrected chi connectivity index (χ0v) is 17.1. The van der Waals surface area contributed by atoms with Crippen molar-refractivity contribution in [2.24, 2.45) is 0 Å². The lowest BCUT2D eigenvalue weighted by molar-refractivity contribution is -0.130. The van der Waals surface area contributed by atoms with Crippen LogP contribution in [0.4, 0.5) is 11.4 Å². The molecule has 2 aromatic carbocycles. The van der Waals surface area contributed by atoms with E-state index < -0.39 is 18.5 Å². The predicted molar refractivity (Wildman–Crippen MR) is 109 cm³/mol. The highest BCUT2D eigenvalue weighted by molar-refractivity contribution is 9.10. The fourth-order valence-corrected chi connectivity index (χ4v) is 3.24. The second kappa shape index (κ2) is 8.87. The van der Waals surface area contributed by atoms with Gasteiger partial charge in [-0.2, -0.15) is 0 Å².